The minimum atomic E-state index is -0.837. The topological polar surface area (TPSA) is 84.0 Å². The van der Waals surface area contributed by atoms with Gasteiger partial charge in [-0.05, 0) is 43.8 Å². The van der Waals surface area contributed by atoms with Gasteiger partial charge >= 0.3 is 0 Å². The average molecular weight is 351 g/mol. The van der Waals surface area contributed by atoms with Crippen molar-refractivity contribution in [1.82, 2.24) is 14.9 Å². The number of benzene rings is 1. The molecule has 1 aliphatic rings. The molecule has 1 aromatic carbocycles. The summed E-state index contributed by atoms with van der Waals surface area (Å²) in [6.07, 6.45) is 0.732. The van der Waals surface area contributed by atoms with Gasteiger partial charge in [0, 0.05) is 40.5 Å². The van der Waals surface area contributed by atoms with Crippen LogP contribution in [0.2, 0.25) is 0 Å². The lowest BCUT2D eigenvalue weighted by molar-refractivity contribution is 0.0941. The summed E-state index contributed by atoms with van der Waals surface area (Å²) in [5, 5.41) is 3.39. The summed E-state index contributed by atoms with van der Waals surface area (Å²) in [6, 6.07) is 4.84. The summed E-state index contributed by atoms with van der Waals surface area (Å²) < 4.78 is 13.2. The van der Waals surface area contributed by atoms with Gasteiger partial charge in [0.05, 0.1) is 10.9 Å². The fourth-order valence-corrected chi connectivity index (χ4v) is 4.47. The maximum Gasteiger partial charge on any atom is 0.262 e. The Bertz CT molecular complexity index is 916. The largest absolute Gasteiger partial charge is 0.348 e. The van der Waals surface area contributed by atoms with Gasteiger partial charge < -0.3 is 10.3 Å². The van der Waals surface area contributed by atoms with Crippen molar-refractivity contribution >= 4 is 39.8 Å². The van der Waals surface area contributed by atoms with E-state index in [0.717, 1.165) is 6.42 Å². The number of carbonyl (C=O) groups is 1. The van der Waals surface area contributed by atoms with E-state index < -0.39 is 10.8 Å². The van der Waals surface area contributed by atoms with Gasteiger partial charge in [0.1, 0.15) is 0 Å². The Hall–Kier alpha value is -1.80. The van der Waals surface area contributed by atoms with Crippen molar-refractivity contribution in [2.75, 3.05) is 11.5 Å². The molecule has 2 aromatic rings. The van der Waals surface area contributed by atoms with E-state index in [9.17, 15) is 13.8 Å². The van der Waals surface area contributed by atoms with Crippen molar-refractivity contribution < 1.29 is 9.00 Å². The van der Waals surface area contributed by atoms with Crippen molar-refractivity contribution in [3.63, 3.8) is 0 Å². The number of nitrogens with one attached hydrogen (secondary N) is 2. The zero-order chi connectivity index (χ0) is 16.6. The van der Waals surface area contributed by atoms with E-state index in [1.165, 1.54) is 4.57 Å². The molecule has 2 atom stereocenters. The van der Waals surface area contributed by atoms with Crippen LogP contribution in [0.1, 0.15) is 23.7 Å². The minimum Gasteiger partial charge on any atom is -0.348 e. The lowest BCUT2D eigenvalue weighted by Gasteiger charge is -2.11. The van der Waals surface area contributed by atoms with Crippen LogP contribution in [0.25, 0.3) is 10.9 Å². The summed E-state index contributed by atoms with van der Waals surface area (Å²) in [6.45, 7) is 2.34. The molecule has 0 radical (unpaired) electrons. The molecule has 1 saturated heterocycles. The SMILES string of the molecule is CCn1c(=S)[nH]c2cc(C(=O)N[C@@H]3CC[S@](=O)C3)ccc2c1=O. The van der Waals surface area contributed by atoms with E-state index in [4.69, 9.17) is 12.2 Å². The lowest BCUT2D eigenvalue weighted by Crippen LogP contribution is -2.35. The lowest BCUT2D eigenvalue weighted by atomic mass is 10.1. The summed E-state index contributed by atoms with van der Waals surface area (Å²) in [5.74, 6) is 0.907. The van der Waals surface area contributed by atoms with Crippen LogP contribution in [-0.2, 0) is 17.3 Å². The van der Waals surface area contributed by atoms with Crippen LogP contribution < -0.4 is 10.9 Å². The van der Waals surface area contributed by atoms with E-state index >= 15 is 0 Å². The first-order valence-electron chi connectivity index (χ1n) is 7.42. The number of amides is 1. The van der Waals surface area contributed by atoms with Crippen LogP contribution in [0.4, 0.5) is 0 Å². The van der Waals surface area contributed by atoms with E-state index in [1.54, 1.807) is 18.2 Å². The molecule has 0 saturated carbocycles. The average Bonchev–Trinajstić information content (AvgIpc) is 2.92. The Morgan fingerprint density at radius 3 is 2.96 bits per heavy atom. The molecule has 0 bridgehead atoms. The highest BCUT2D eigenvalue weighted by Gasteiger charge is 2.23. The zero-order valence-electron chi connectivity index (χ0n) is 12.6. The fraction of sp³-hybridized carbons (Fsp3) is 0.400. The Labute approximate surface area is 140 Å². The summed E-state index contributed by atoms with van der Waals surface area (Å²) in [7, 11) is -0.837. The molecule has 1 aromatic heterocycles. The molecule has 2 heterocycles. The second-order valence-electron chi connectivity index (χ2n) is 5.51. The molecule has 23 heavy (non-hydrogen) atoms. The molecule has 0 spiro atoms. The minimum absolute atomic E-state index is 0.0504. The number of H-pyrrole nitrogens is 1. The van der Waals surface area contributed by atoms with Gasteiger partial charge in [0.25, 0.3) is 11.5 Å². The van der Waals surface area contributed by atoms with Crippen molar-refractivity contribution in [1.29, 1.82) is 0 Å². The quantitative estimate of drug-likeness (QED) is 0.817. The number of fused-ring (bicyclic) bond motifs is 1. The molecule has 1 fully saturated rings. The third-order valence-corrected chi connectivity index (χ3v) is 5.76. The van der Waals surface area contributed by atoms with Gasteiger partial charge in [-0.2, -0.15) is 0 Å². The number of nitrogens with zero attached hydrogens (tertiary/aromatic N) is 1. The van der Waals surface area contributed by atoms with Crippen molar-refractivity contribution in [2.45, 2.75) is 25.9 Å². The molecule has 0 aliphatic carbocycles. The number of rotatable bonds is 3. The molecule has 122 valence electrons. The predicted molar refractivity (Wildman–Crippen MR) is 92.8 cm³/mol. The van der Waals surface area contributed by atoms with Crippen LogP contribution in [-0.4, -0.2) is 37.2 Å². The normalized spacial score (nSPS) is 20.7. The van der Waals surface area contributed by atoms with Crippen molar-refractivity contribution in [3.8, 4) is 0 Å². The standard InChI is InChI=1S/C15H17N3O3S2/c1-2-18-14(20)11-4-3-9(7-12(11)17-15(18)22)13(19)16-10-5-6-23(21)8-10/h3-4,7,10H,2,5-6,8H2,1H3,(H,16,19)(H,17,22)/t10-,23+/m1/s1. The first-order chi connectivity index (χ1) is 11.0. The van der Waals surface area contributed by atoms with E-state index in [2.05, 4.69) is 10.3 Å². The molecule has 0 unspecified atom stereocenters. The summed E-state index contributed by atoms with van der Waals surface area (Å²) >= 11 is 5.18. The van der Waals surface area contributed by atoms with Crippen LogP contribution >= 0.6 is 12.2 Å². The predicted octanol–water partition coefficient (Wildman–Crippen LogP) is 1.33. The highest BCUT2D eigenvalue weighted by Crippen LogP contribution is 2.13. The van der Waals surface area contributed by atoms with Crippen LogP contribution in [0.3, 0.4) is 0 Å². The molecule has 1 amide bonds. The van der Waals surface area contributed by atoms with Gasteiger partial charge in [0.15, 0.2) is 4.77 Å². The molecular weight excluding hydrogens is 334 g/mol. The third kappa shape index (κ3) is 3.13. The molecule has 6 nitrogen and oxygen atoms in total. The van der Waals surface area contributed by atoms with Crippen molar-refractivity contribution in [2.24, 2.45) is 0 Å². The molecule has 3 rings (SSSR count). The number of hydrogen-bond acceptors (Lipinski definition) is 4. The van der Waals surface area contributed by atoms with Gasteiger partial charge in [-0.15, -0.1) is 0 Å². The first-order valence-corrected chi connectivity index (χ1v) is 9.32. The summed E-state index contributed by atoms with van der Waals surface area (Å²) in [5.41, 5.74) is 0.839. The molecule has 1 aliphatic heterocycles. The van der Waals surface area contributed by atoms with Gasteiger partial charge in [-0.1, -0.05) is 0 Å². The summed E-state index contributed by atoms with van der Waals surface area (Å²) in [4.78, 5) is 27.6. The third-order valence-electron chi connectivity index (χ3n) is 3.98. The second-order valence-corrected chi connectivity index (χ2v) is 7.52. The number of carbonyl (C=O) groups excluding carboxylic acids is 1. The molecule has 2 N–H and O–H groups in total. The number of hydrogen-bond donors (Lipinski definition) is 2. The van der Waals surface area contributed by atoms with Crippen molar-refractivity contribution in [3.05, 3.63) is 38.9 Å². The first kappa shape index (κ1) is 16.1. The number of aromatic nitrogens is 2. The highest BCUT2D eigenvalue weighted by molar-refractivity contribution is 7.85. The smallest absolute Gasteiger partial charge is 0.262 e. The zero-order valence-corrected chi connectivity index (χ0v) is 14.3. The number of aromatic amines is 1. The Balaban J connectivity index is 1.94. The second kappa shape index (κ2) is 6.37. The maximum atomic E-state index is 12.3. The highest BCUT2D eigenvalue weighted by atomic mass is 32.2. The Kier molecular flexibility index (Phi) is 4.45. The van der Waals surface area contributed by atoms with Gasteiger partial charge in [0.2, 0.25) is 0 Å². The van der Waals surface area contributed by atoms with E-state index in [0.29, 0.717) is 39.3 Å². The van der Waals surface area contributed by atoms with Crippen LogP contribution in [0.5, 0.6) is 0 Å². The maximum absolute atomic E-state index is 12.3. The van der Waals surface area contributed by atoms with E-state index in [1.807, 2.05) is 6.92 Å². The molecule has 8 heteroatoms. The molecular formula is C15H17N3O3S2. The Morgan fingerprint density at radius 1 is 1.52 bits per heavy atom. The van der Waals surface area contributed by atoms with Gasteiger partial charge in [-0.25, -0.2) is 0 Å². The van der Waals surface area contributed by atoms with Crippen LogP contribution in [0, 0.1) is 4.77 Å². The monoisotopic (exact) mass is 351 g/mol. The Morgan fingerprint density at radius 2 is 2.30 bits per heavy atom. The fourth-order valence-electron chi connectivity index (χ4n) is 2.73. The van der Waals surface area contributed by atoms with Crippen LogP contribution in [0.15, 0.2) is 23.0 Å². The van der Waals surface area contributed by atoms with E-state index in [-0.39, 0.29) is 17.5 Å². The van der Waals surface area contributed by atoms with Gasteiger partial charge in [-0.3, -0.25) is 18.4 Å².